The highest BCUT2D eigenvalue weighted by Crippen LogP contribution is 2.26. The molecule has 1 rings (SSSR count). The van der Waals surface area contributed by atoms with Gasteiger partial charge in [0, 0.05) is 7.05 Å². The summed E-state index contributed by atoms with van der Waals surface area (Å²) < 4.78 is 1.75. The van der Waals surface area contributed by atoms with E-state index in [9.17, 15) is 0 Å². The van der Waals surface area contributed by atoms with Crippen LogP contribution < -0.4 is 5.73 Å². The fourth-order valence-corrected chi connectivity index (χ4v) is 1.61. The zero-order valence-electron chi connectivity index (χ0n) is 8.29. The molecular formula is C9H16ClN3. The summed E-state index contributed by atoms with van der Waals surface area (Å²) in [6, 6.07) is -0.0231. The Hall–Kier alpha value is -0.540. The molecule has 0 aliphatic rings. The Morgan fingerprint density at radius 2 is 2.31 bits per heavy atom. The van der Waals surface area contributed by atoms with Crippen molar-refractivity contribution in [2.75, 3.05) is 0 Å². The van der Waals surface area contributed by atoms with E-state index in [-0.39, 0.29) is 6.04 Å². The lowest BCUT2D eigenvalue weighted by molar-refractivity contribution is 0.433. The maximum atomic E-state index is 6.05. The molecule has 0 fully saturated rings. The van der Waals surface area contributed by atoms with Gasteiger partial charge in [-0.25, -0.2) is 0 Å². The third kappa shape index (κ3) is 2.03. The zero-order valence-corrected chi connectivity index (χ0v) is 9.04. The van der Waals surface area contributed by atoms with E-state index in [2.05, 4.69) is 18.9 Å². The molecule has 1 aromatic rings. The second kappa shape index (κ2) is 4.11. The van der Waals surface area contributed by atoms with Gasteiger partial charge in [-0.2, -0.15) is 5.10 Å². The minimum absolute atomic E-state index is 0.0231. The Kier molecular flexibility index (Phi) is 3.33. The molecule has 1 aromatic heterocycles. The summed E-state index contributed by atoms with van der Waals surface area (Å²) >= 11 is 5.98. The minimum atomic E-state index is -0.0231. The van der Waals surface area contributed by atoms with Crippen LogP contribution in [0.4, 0.5) is 0 Å². The first kappa shape index (κ1) is 10.5. The van der Waals surface area contributed by atoms with E-state index in [0.717, 1.165) is 12.1 Å². The second-order valence-corrected chi connectivity index (χ2v) is 3.82. The van der Waals surface area contributed by atoms with Crippen LogP contribution in [-0.4, -0.2) is 9.78 Å². The molecule has 2 unspecified atom stereocenters. The van der Waals surface area contributed by atoms with Crippen LogP contribution in [0.5, 0.6) is 0 Å². The lowest BCUT2D eigenvalue weighted by Gasteiger charge is -2.18. The molecule has 0 bridgehead atoms. The van der Waals surface area contributed by atoms with Crippen molar-refractivity contribution in [3.05, 3.63) is 16.9 Å². The van der Waals surface area contributed by atoms with Gasteiger partial charge < -0.3 is 5.73 Å². The van der Waals surface area contributed by atoms with Gasteiger partial charge in [-0.15, -0.1) is 0 Å². The van der Waals surface area contributed by atoms with Crippen LogP contribution in [0, 0.1) is 5.92 Å². The SMILES string of the molecule is CCC(C)C(N)c1c(Cl)cnn1C. The summed E-state index contributed by atoms with van der Waals surface area (Å²) in [7, 11) is 1.86. The molecule has 0 aliphatic carbocycles. The molecule has 0 spiro atoms. The van der Waals surface area contributed by atoms with Crippen molar-refractivity contribution in [2.24, 2.45) is 18.7 Å². The van der Waals surface area contributed by atoms with Crippen LogP contribution in [0.2, 0.25) is 5.02 Å². The number of hydrogen-bond donors (Lipinski definition) is 1. The summed E-state index contributed by atoms with van der Waals surface area (Å²) in [4.78, 5) is 0. The van der Waals surface area contributed by atoms with Crippen molar-refractivity contribution in [3.63, 3.8) is 0 Å². The number of rotatable bonds is 3. The summed E-state index contributed by atoms with van der Waals surface area (Å²) in [5.74, 6) is 0.424. The number of hydrogen-bond acceptors (Lipinski definition) is 2. The van der Waals surface area contributed by atoms with E-state index in [4.69, 9.17) is 17.3 Å². The predicted molar refractivity (Wildman–Crippen MR) is 54.6 cm³/mol. The molecule has 74 valence electrons. The van der Waals surface area contributed by atoms with Gasteiger partial charge in [-0.1, -0.05) is 31.9 Å². The highest BCUT2D eigenvalue weighted by atomic mass is 35.5. The highest BCUT2D eigenvalue weighted by molar-refractivity contribution is 6.31. The normalized spacial score (nSPS) is 15.8. The number of halogens is 1. The Morgan fingerprint density at radius 3 is 2.69 bits per heavy atom. The molecule has 3 nitrogen and oxygen atoms in total. The predicted octanol–water partition coefficient (Wildman–Crippen LogP) is 2.12. The maximum Gasteiger partial charge on any atom is 0.0834 e. The summed E-state index contributed by atoms with van der Waals surface area (Å²) in [6.45, 7) is 4.24. The van der Waals surface area contributed by atoms with Crippen LogP contribution >= 0.6 is 11.6 Å². The van der Waals surface area contributed by atoms with Crippen molar-refractivity contribution < 1.29 is 0 Å². The molecule has 0 saturated carbocycles. The van der Waals surface area contributed by atoms with E-state index in [1.54, 1.807) is 10.9 Å². The standard InChI is InChI=1S/C9H16ClN3/c1-4-6(2)8(11)9-7(10)5-12-13(9)3/h5-6,8H,4,11H2,1-3H3. The van der Waals surface area contributed by atoms with Crippen LogP contribution in [-0.2, 0) is 7.05 Å². The van der Waals surface area contributed by atoms with Crippen molar-refractivity contribution in [1.29, 1.82) is 0 Å². The van der Waals surface area contributed by atoms with Gasteiger partial charge in [0.15, 0.2) is 0 Å². The largest absolute Gasteiger partial charge is 0.322 e. The lowest BCUT2D eigenvalue weighted by Crippen LogP contribution is -2.21. The first-order valence-corrected chi connectivity index (χ1v) is 4.88. The van der Waals surface area contributed by atoms with E-state index in [1.165, 1.54) is 0 Å². The molecule has 0 radical (unpaired) electrons. The monoisotopic (exact) mass is 201 g/mol. The Morgan fingerprint density at radius 1 is 1.69 bits per heavy atom. The summed E-state index contributed by atoms with van der Waals surface area (Å²) in [5, 5.41) is 4.72. The first-order chi connectivity index (χ1) is 6.07. The van der Waals surface area contributed by atoms with Gasteiger partial charge >= 0.3 is 0 Å². The third-order valence-electron chi connectivity index (χ3n) is 2.51. The molecular weight excluding hydrogens is 186 g/mol. The van der Waals surface area contributed by atoms with Crippen LogP contribution in [0.25, 0.3) is 0 Å². The maximum absolute atomic E-state index is 6.05. The van der Waals surface area contributed by atoms with Crippen molar-refractivity contribution in [2.45, 2.75) is 26.3 Å². The van der Waals surface area contributed by atoms with Gasteiger partial charge in [0.2, 0.25) is 0 Å². The summed E-state index contributed by atoms with van der Waals surface area (Å²) in [5.41, 5.74) is 6.98. The molecule has 2 N–H and O–H groups in total. The van der Waals surface area contributed by atoms with Gasteiger partial charge in [0.1, 0.15) is 0 Å². The average molecular weight is 202 g/mol. The molecule has 2 atom stereocenters. The molecule has 0 saturated heterocycles. The molecule has 13 heavy (non-hydrogen) atoms. The Labute approximate surface area is 83.9 Å². The van der Waals surface area contributed by atoms with E-state index in [0.29, 0.717) is 10.9 Å². The lowest BCUT2D eigenvalue weighted by atomic mass is 9.97. The quantitative estimate of drug-likeness (QED) is 0.814. The van der Waals surface area contributed by atoms with Crippen molar-refractivity contribution >= 4 is 11.6 Å². The van der Waals surface area contributed by atoms with Gasteiger partial charge in [-0.3, -0.25) is 4.68 Å². The van der Waals surface area contributed by atoms with E-state index < -0.39 is 0 Å². The molecule has 4 heteroatoms. The van der Waals surface area contributed by atoms with Gasteiger partial charge in [-0.05, 0) is 5.92 Å². The number of aromatic nitrogens is 2. The highest BCUT2D eigenvalue weighted by Gasteiger charge is 2.19. The number of nitrogens with zero attached hydrogens (tertiary/aromatic N) is 2. The Balaban J connectivity index is 2.93. The molecule has 1 heterocycles. The topological polar surface area (TPSA) is 43.8 Å². The fraction of sp³-hybridized carbons (Fsp3) is 0.667. The molecule has 0 aliphatic heterocycles. The zero-order chi connectivity index (χ0) is 10.0. The van der Waals surface area contributed by atoms with Gasteiger partial charge in [0.05, 0.1) is 23.0 Å². The van der Waals surface area contributed by atoms with Gasteiger partial charge in [0.25, 0.3) is 0 Å². The number of aryl methyl sites for hydroxylation is 1. The first-order valence-electron chi connectivity index (χ1n) is 4.50. The minimum Gasteiger partial charge on any atom is -0.322 e. The average Bonchev–Trinajstić information content (AvgIpc) is 2.44. The van der Waals surface area contributed by atoms with E-state index in [1.807, 2.05) is 7.05 Å². The molecule has 0 amide bonds. The van der Waals surface area contributed by atoms with Crippen LogP contribution in [0.3, 0.4) is 0 Å². The summed E-state index contributed by atoms with van der Waals surface area (Å²) in [6.07, 6.45) is 2.68. The molecule has 0 aromatic carbocycles. The number of nitrogens with two attached hydrogens (primary N) is 1. The third-order valence-corrected chi connectivity index (χ3v) is 2.80. The van der Waals surface area contributed by atoms with Crippen LogP contribution in [0.15, 0.2) is 6.20 Å². The smallest absolute Gasteiger partial charge is 0.0834 e. The van der Waals surface area contributed by atoms with E-state index >= 15 is 0 Å². The fourth-order valence-electron chi connectivity index (χ4n) is 1.32. The van der Waals surface area contributed by atoms with Crippen molar-refractivity contribution in [1.82, 2.24) is 9.78 Å². The second-order valence-electron chi connectivity index (χ2n) is 3.41. The Bertz CT molecular complexity index is 263. The van der Waals surface area contributed by atoms with Crippen LogP contribution in [0.1, 0.15) is 32.0 Å². The van der Waals surface area contributed by atoms with Crippen molar-refractivity contribution in [3.8, 4) is 0 Å².